The van der Waals surface area contributed by atoms with Crippen LogP contribution in [0.4, 0.5) is 8.78 Å². The molecule has 0 radical (unpaired) electrons. The molecule has 0 aliphatic carbocycles. The highest BCUT2D eigenvalue weighted by Gasteiger charge is 2.11. The van der Waals surface area contributed by atoms with Gasteiger partial charge in [0.25, 0.3) is 0 Å². The maximum absolute atomic E-state index is 12.1. The Kier molecular flexibility index (Phi) is 10.6. The van der Waals surface area contributed by atoms with Crippen molar-refractivity contribution in [2.45, 2.75) is 19.5 Å². The SMILES string of the molecule is FC(F)Oc1ccc(OCCCCOc2c(Cl)cc(OCC=C(Cl)Cl)cc2Cl)cc1. The molecule has 0 amide bonds. The Morgan fingerprint density at radius 2 is 1.40 bits per heavy atom. The van der Waals surface area contributed by atoms with Crippen LogP contribution in [0.5, 0.6) is 23.0 Å². The molecule has 0 aromatic heterocycles. The zero-order valence-corrected chi connectivity index (χ0v) is 18.6. The van der Waals surface area contributed by atoms with Gasteiger partial charge in [-0.2, -0.15) is 8.78 Å². The first kappa shape index (κ1) is 24.7. The third-order valence-electron chi connectivity index (χ3n) is 3.56. The van der Waals surface area contributed by atoms with Crippen molar-refractivity contribution in [2.75, 3.05) is 19.8 Å². The van der Waals surface area contributed by atoms with E-state index in [-0.39, 0.29) is 16.8 Å². The summed E-state index contributed by atoms with van der Waals surface area (Å²) in [6.45, 7) is -1.86. The molecule has 164 valence electrons. The van der Waals surface area contributed by atoms with E-state index in [1.165, 1.54) is 18.2 Å². The van der Waals surface area contributed by atoms with Crippen molar-refractivity contribution in [3.63, 3.8) is 0 Å². The predicted molar refractivity (Wildman–Crippen MR) is 115 cm³/mol. The second-order valence-corrected chi connectivity index (χ2v) is 7.60. The highest BCUT2D eigenvalue weighted by molar-refractivity contribution is 6.55. The second-order valence-electron chi connectivity index (χ2n) is 5.77. The van der Waals surface area contributed by atoms with E-state index in [0.29, 0.717) is 53.3 Å². The van der Waals surface area contributed by atoms with Gasteiger partial charge in [0.05, 0.1) is 23.3 Å². The summed E-state index contributed by atoms with van der Waals surface area (Å²) in [6.07, 6.45) is 2.89. The first-order valence-electron chi connectivity index (χ1n) is 8.78. The maximum Gasteiger partial charge on any atom is 0.387 e. The lowest BCUT2D eigenvalue weighted by molar-refractivity contribution is -0.0498. The van der Waals surface area contributed by atoms with Gasteiger partial charge in [-0.1, -0.05) is 46.4 Å². The van der Waals surface area contributed by atoms with Crippen molar-refractivity contribution in [1.82, 2.24) is 0 Å². The van der Waals surface area contributed by atoms with Crippen molar-refractivity contribution >= 4 is 46.4 Å². The number of alkyl halides is 2. The van der Waals surface area contributed by atoms with Crippen LogP contribution < -0.4 is 18.9 Å². The van der Waals surface area contributed by atoms with Crippen LogP contribution in [0.1, 0.15) is 12.8 Å². The van der Waals surface area contributed by atoms with E-state index in [2.05, 4.69) is 4.74 Å². The Bertz CT molecular complexity index is 805. The standard InChI is InChI=1S/C20H18Cl4F2O4/c21-16-11-15(28-10-7-18(23)24)12-17(22)19(16)29-9-2-1-8-27-13-3-5-14(6-4-13)30-20(25)26/h3-7,11-12,20H,1-2,8-10H2. The molecular weight excluding hydrogens is 484 g/mol. The summed E-state index contributed by atoms with van der Waals surface area (Å²) in [5, 5.41) is 0.640. The smallest absolute Gasteiger partial charge is 0.387 e. The minimum atomic E-state index is -2.85. The summed E-state index contributed by atoms with van der Waals surface area (Å²) in [4.78, 5) is 0. The van der Waals surface area contributed by atoms with Gasteiger partial charge in [-0.25, -0.2) is 0 Å². The number of unbranched alkanes of at least 4 members (excludes halogenated alkanes) is 1. The molecule has 0 saturated heterocycles. The van der Waals surface area contributed by atoms with Crippen molar-refractivity contribution in [3.8, 4) is 23.0 Å². The zero-order chi connectivity index (χ0) is 21.9. The van der Waals surface area contributed by atoms with Gasteiger partial charge in [0, 0.05) is 12.1 Å². The van der Waals surface area contributed by atoms with Crippen LogP contribution in [-0.4, -0.2) is 26.4 Å². The fraction of sp³-hybridized carbons (Fsp3) is 0.300. The van der Waals surface area contributed by atoms with Gasteiger partial charge in [-0.15, -0.1) is 0 Å². The van der Waals surface area contributed by atoms with Gasteiger partial charge in [-0.3, -0.25) is 0 Å². The topological polar surface area (TPSA) is 36.9 Å². The van der Waals surface area contributed by atoms with Crippen LogP contribution >= 0.6 is 46.4 Å². The van der Waals surface area contributed by atoms with Gasteiger partial charge in [0.2, 0.25) is 0 Å². The number of rotatable bonds is 12. The average molecular weight is 502 g/mol. The fourth-order valence-corrected chi connectivity index (χ4v) is 2.95. The molecule has 0 fully saturated rings. The third-order valence-corrected chi connectivity index (χ3v) is 4.43. The van der Waals surface area contributed by atoms with E-state index in [4.69, 9.17) is 60.6 Å². The molecule has 0 aliphatic heterocycles. The third kappa shape index (κ3) is 9.04. The fourth-order valence-electron chi connectivity index (χ4n) is 2.24. The first-order chi connectivity index (χ1) is 14.3. The van der Waals surface area contributed by atoms with E-state index in [0.717, 1.165) is 0 Å². The van der Waals surface area contributed by atoms with Crippen LogP contribution in [0.15, 0.2) is 47.0 Å². The summed E-state index contributed by atoms with van der Waals surface area (Å²) in [7, 11) is 0. The molecule has 4 nitrogen and oxygen atoms in total. The van der Waals surface area contributed by atoms with E-state index in [1.54, 1.807) is 24.3 Å². The van der Waals surface area contributed by atoms with E-state index in [9.17, 15) is 8.78 Å². The Hall–Kier alpha value is -1.60. The van der Waals surface area contributed by atoms with Crippen LogP contribution in [0.25, 0.3) is 0 Å². The van der Waals surface area contributed by atoms with Crippen molar-refractivity contribution in [2.24, 2.45) is 0 Å². The van der Waals surface area contributed by atoms with Gasteiger partial charge < -0.3 is 18.9 Å². The largest absolute Gasteiger partial charge is 0.494 e. The summed E-state index contributed by atoms with van der Waals surface area (Å²) in [5.41, 5.74) is 0. The highest BCUT2D eigenvalue weighted by atomic mass is 35.5. The minimum absolute atomic E-state index is 0.0789. The van der Waals surface area contributed by atoms with Crippen molar-refractivity contribution < 1.29 is 27.7 Å². The van der Waals surface area contributed by atoms with Gasteiger partial charge in [-0.05, 0) is 43.2 Å². The molecular formula is C20H18Cl4F2O4. The Morgan fingerprint density at radius 1 is 0.833 bits per heavy atom. The number of halogens is 6. The molecule has 0 bridgehead atoms. The molecule has 0 unspecified atom stereocenters. The van der Waals surface area contributed by atoms with E-state index in [1.807, 2.05) is 0 Å². The molecule has 0 aliphatic rings. The Balaban J connectivity index is 1.70. The van der Waals surface area contributed by atoms with Crippen LogP contribution in [0, 0.1) is 0 Å². The Morgan fingerprint density at radius 3 is 1.97 bits per heavy atom. The minimum Gasteiger partial charge on any atom is -0.494 e. The highest BCUT2D eigenvalue weighted by Crippen LogP contribution is 2.37. The number of ether oxygens (including phenoxy) is 4. The molecule has 0 spiro atoms. The lowest BCUT2D eigenvalue weighted by atomic mass is 10.3. The lowest BCUT2D eigenvalue weighted by Gasteiger charge is -2.12. The predicted octanol–water partition coefficient (Wildman–Crippen LogP) is 7.53. The number of hydrogen-bond donors (Lipinski definition) is 0. The van der Waals surface area contributed by atoms with Crippen LogP contribution in [-0.2, 0) is 0 Å². The zero-order valence-electron chi connectivity index (χ0n) is 15.6. The number of benzene rings is 2. The summed E-state index contributed by atoms with van der Waals surface area (Å²) < 4.78 is 45.2. The number of hydrogen-bond acceptors (Lipinski definition) is 4. The lowest BCUT2D eigenvalue weighted by Crippen LogP contribution is -2.04. The van der Waals surface area contributed by atoms with Crippen LogP contribution in [0.3, 0.4) is 0 Å². The van der Waals surface area contributed by atoms with Crippen molar-refractivity contribution in [3.05, 3.63) is 57.0 Å². The van der Waals surface area contributed by atoms with Crippen molar-refractivity contribution in [1.29, 1.82) is 0 Å². The van der Waals surface area contributed by atoms with Gasteiger partial charge in [0.15, 0.2) is 5.75 Å². The molecule has 30 heavy (non-hydrogen) atoms. The van der Waals surface area contributed by atoms with Gasteiger partial charge >= 0.3 is 6.61 Å². The van der Waals surface area contributed by atoms with E-state index >= 15 is 0 Å². The molecule has 2 aromatic rings. The van der Waals surface area contributed by atoms with Gasteiger partial charge in [0.1, 0.15) is 28.3 Å². The molecule has 2 rings (SSSR count). The average Bonchev–Trinajstić information content (AvgIpc) is 2.67. The summed E-state index contributed by atoms with van der Waals surface area (Å²) >= 11 is 23.4. The van der Waals surface area contributed by atoms with E-state index < -0.39 is 6.61 Å². The maximum atomic E-state index is 12.1. The quantitative estimate of drug-likeness (QED) is 0.281. The molecule has 0 heterocycles. The monoisotopic (exact) mass is 500 g/mol. The summed E-state index contributed by atoms with van der Waals surface area (Å²) in [5.74, 6) is 1.47. The Labute approximate surface area is 193 Å². The molecule has 0 N–H and O–H groups in total. The molecule has 2 aromatic carbocycles. The summed E-state index contributed by atoms with van der Waals surface area (Å²) in [6, 6.07) is 9.14. The molecule has 10 heteroatoms. The molecule has 0 saturated carbocycles. The first-order valence-corrected chi connectivity index (χ1v) is 10.3. The normalized spacial score (nSPS) is 10.6. The molecule has 0 atom stereocenters. The van der Waals surface area contributed by atoms with Crippen LogP contribution in [0.2, 0.25) is 10.0 Å². The second kappa shape index (κ2) is 13.0.